The predicted octanol–water partition coefficient (Wildman–Crippen LogP) is 0.719. The van der Waals surface area contributed by atoms with Crippen molar-refractivity contribution in [2.75, 3.05) is 5.73 Å². The van der Waals surface area contributed by atoms with Crippen LogP contribution in [0.1, 0.15) is 0 Å². The Labute approximate surface area is 77.4 Å². The van der Waals surface area contributed by atoms with Crippen LogP contribution in [0.25, 0.3) is 0 Å². The Morgan fingerprint density at radius 1 is 1.50 bits per heavy atom. The molecule has 1 aliphatic rings. The van der Waals surface area contributed by atoms with Crippen LogP contribution < -0.4 is 10.8 Å². The van der Waals surface area contributed by atoms with E-state index in [-0.39, 0.29) is 5.06 Å². The minimum Gasteiger partial charge on any atom is -0.623 e. The number of hydroxylamine groups is 1. The summed E-state index contributed by atoms with van der Waals surface area (Å²) in [5.41, 5.74) is 7.41. The van der Waals surface area contributed by atoms with Crippen molar-refractivity contribution in [3.63, 3.8) is 0 Å². The molecule has 0 aromatic heterocycles. The number of halogens is 1. The van der Waals surface area contributed by atoms with Gasteiger partial charge in [0.05, 0.1) is 4.47 Å². The van der Waals surface area contributed by atoms with Gasteiger partial charge in [-0.1, -0.05) is 0 Å². The summed E-state index contributed by atoms with van der Waals surface area (Å²) in [6, 6.07) is 3.38. The van der Waals surface area contributed by atoms with E-state index in [1.54, 1.807) is 12.1 Å². The fourth-order valence-electron chi connectivity index (χ4n) is 1.15. The third-order valence-electron chi connectivity index (χ3n) is 1.66. The first-order valence-corrected chi connectivity index (χ1v) is 4.15. The number of rotatable bonds is 0. The molecule has 62 valence electrons. The van der Waals surface area contributed by atoms with Gasteiger partial charge in [-0.05, 0) is 28.1 Å². The van der Waals surface area contributed by atoms with E-state index >= 15 is 0 Å². The number of nitrogens with one attached hydrogen (secondary N) is 1. The lowest BCUT2D eigenvalue weighted by atomic mass is 10.2. The van der Waals surface area contributed by atoms with E-state index in [0.717, 1.165) is 0 Å². The van der Waals surface area contributed by atoms with Crippen LogP contribution >= 0.6 is 15.9 Å². The highest BCUT2D eigenvalue weighted by molar-refractivity contribution is 9.10. The number of benzene rings is 1. The Morgan fingerprint density at radius 3 is 3.00 bits per heavy atom. The zero-order chi connectivity index (χ0) is 8.72. The second-order valence-electron chi connectivity index (χ2n) is 2.52. The van der Waals surface area contributed by atoms with Gasteiger partial charge in [-0.3, -0.25) is 5.06 Å². The standard InChI is InChI=1S/C7H6BrN3O/c8-5-1-4(9)2-6-7(5)11(12)3-10-6/h1-3,11H,9H2. The van der Waals surface area contributed by atoms with Gasteiger partial charge in [0.15, 0.2) is 12.0 Å². The zero-order valence-electron chi connectivity index (χ0n) is 6.04. The van der Waals surface area contributed by atoms with Crippen LogP contribution in [0.5, 0.6) is 0 Å². The lowest BCUT2D eigenvalue weighted by Gasteiger charge is -2.12. The van der Waals surface area contributed by atoms with Crippen molar-refractivity contribution in [3.8, 4) is 0 Å². The molecular formula is C7H6BrN3O. The Kier molecular flexibility index (Phi) is 1.64. The molecule has 0 amide bonds. The second kappa shape index (κ2) is 2.55. The lowest BCUT2D eigenvalue weighted by molar-refractivity contribution is -0.655. The van der Waals surface area contributed by atoms with Gasteiger partial charge in [-0.2, -0.15) is 4.99 Å². The third kappa shape index (κ3) is 1.03. The fraction of sp³-hybridized carbons (Fsp3) is 0. The summed E-state index contributed by atoms with van der Waals surface area (Å²) in [6.07, 6.45) is 1.30. The first kappa shape index (κ1) is 7.72. The molecule has 0 saturated carbocycles. The molecule has 0 fully saturated rings. The molecule has 2 rings (SSSR count). The SMILES string of the molecule is Nc1cc(Br)c2c(c1)N=C[NH+]2[O-]. The first-order valence-electron chi connectivity index (χ1n) is 3.36. The van der Waals surface area contributed by atoms with Gasteiger partial charge >= 0.3 is 0 Å². The van der Waals surface area contributed by atoms with E-state index in [0.29, 0.717) is 21.5 Å². The minimum atomic E-state index is -0.0723. The summed E-state index contributed by atoms with van der Waals surface area (Å²) in [4.78, 5) is 3.92. The average Bonchev–Trinajstić information content (AvgIpc) is 2.31. The van der Waals surface area contributed by atoms with Gasteiger partial charge in [0.1, 0.15) is 5.69 Å². The summed E-state index contributed by atoms with van der Waals surface area (Å²) in [7, 11) is 0. The van der Waals surface area contributed by atoms with E-state index < -0.39 is 0 Å². The summed E-state index contributed by atoms with van der Waals surface area (Å²) < 4.78 is 0.708. The van der Waals surface area contributed by atoms with Crippen LogP contribution in [0.2, 0.25) is 0 Å². The molecular weight excluding hydrogens is 222 g/mol. The monoisotopic (exact) mass is 227 g/mol. The van der Waals surface area contributed by atoms with E-state index in [1.165, 1.54) is 6.34 Å². The van der Waals surface area contributed by atoms with Gasteiger partial charge < -0.3 is 10.9 Å². The molecule has 0 saturated heterocycles. The number of fused-ring (bicyclic) bond motifs is 1. The molecule has 0 radical (unpaired) electrons. The van der Waals surface area contributed by atoms with Gasteiger partial charge in [0, 0.05) is 5.69 Å². The normalized spacial score (nSPS) is 19.7. The largest absolute Gasteiger partial charge is 0.623 e. The maximum Gasteiger partial charge on any atom is 0.194 e. The van der Waals surface area contributed by atoms with Crippen LogP contribution in [0, 0.1) is 5.21 Å². The molecule has 12 heavy (non-hydrogen) atoms. The van der Waals surface area contributed by atoms with Crippen molar-refractivity contribution < 1.29 is 5.06 Å². The summed E-state index contributed by atoms with van der Waals surface area (Å²) >= 11 is 3.26. The van der Waals surface area contributed by atoms with Crippen LogP contribution in [0.15, 0.2) is 21.6 Å². The first-order chi connectivity index (χ1) is 5.68. The molecule has 0 spiro atoms. The van der Waals surface area contributed by atoms with E-state index in [2.05, 4.69) is 20.9 Å². The van der Waals surface area contributed by atoms with Crippen LogP contribution in [0.3, 0.4) is 0 Å². The van der Waals surface area contributed by atoms with E-state index in [1.807, 2.05) is 0 Å². The Balaban J connectivity index is 2.66. The number of quaternary nitrogens is 1. The molecule has 1 unspecified atom stereocenters. The lowest BCUT2D eigenvalue weighted by Crippen LogP contribution is -2.99. The fourth-order valence-corrected chi connectivity index (χ4v) is 1.81. The van der Waals surface area contributed by atoms with Crippen LogP contribution in [-0.4, -0.2) is 6.34 Å². The summed E-state index contributed by atoms with van der Waals surface area (Å²) in [5.74, 6) is 0. The maximum absolute atomic E-state index is 11.2. The number of anilines is 1. The Morgan fingerprint density at radius 2 is 2.25 bits per heavy atom. The Bertz CT molecular complexity index is 364. The predicted molar refractivity (Wildman–Crippen MR) is 50.7 cm³/mol. The van der Waals surface area contributed by atoms with Gasteiger partial charge in [0.2, 0.25) is 0 Å². The molecule has 0 aliphatic carbocycles. The molecule has 1 aliphatic heterocycles. The third-order valence-corrected chi connectivity index (χ3v) is 2.28. The van der Waals surface area contributed by atoms with Crippen LogP contribution in [0.4, 0.5) is 17.1 Å². The van der Waals surface area contributed by atoms with Crippen molar-refractivity contribution in [2.24, 2.45) is 4.99 Å². The highest BCUT2D eigenvalue weighted by Gasteiger charge is 2.18. The van der Waals surface area contributed by atoms with Gasteiger partial charge in [-0.25, -0.2) is 0 Å². The number of hydrogen-bond donors (Lipinski definition) is 2. The highest BCUT2D eigenvalue weighted by atomic mass is 79.9. The smallest absolute Gasteiger partial charge is 0.194 e. The maximum atomic E-state index is 11.2. The summed E-state index contributed by atoms with van der Waals surface area (Å²) in [6.45, 7) is 0. The van der Waals surface area contributed by atoms with Crippen molar-refractivity contribution in [3.05, 3.63) is 21.8 Å². The highest BCUT2D eigenvalue weighted by Crippen LogP contribution is 2.33. The number of nitrogens with zero attached hydrogens (tertiary/aromatic N) is 1. The second-order valence-corrected chi connectivity index (χ2v) is 3.37. The van der Waals surface area contributed by atoms with E-state index in [9.17, 15) is 5.21 Å². The number of nitrogen functional groups attached to an aromatic ring is 1. The Hall–Kier alpha value is -0.910. The topological polar surface area (TPSA) is 65.9 Å². The van der Waals surface area contributed by atoms with Gasteiger partial charge in [0.25, 0.3) is 0 Å². The molecule has 0 bridgehead atoms. The number of nitrogens with two attached hydrogens (primary N) is 1. The molecule has 5 heteroatoms. The van der Waals surface area contributed by atoms with Crippen molar-refractivity contribution in [1.82, 2.24) is 0 Å². The molecule has 1 atom stereocenters. The molecule has 3 N–H and O–H groups in total. The van der Waals surface area contributed by atoms with Crippen molar-refractivity contribution >= 4 is 39.3 Å². The zero-order valence-corrected chi connectivity index (χ0v) is 7.63. The quantitative estimate of drug-likeness (QED) is 0.507. The average molecular weight is 228 g/mol. The molecule has 1 aromatic rings. The van der Waals surface area contributed by atoms with Crippen LogP contribution in [-0.2, 0) is 0 Å². The molecule has 4 nitrogen and oxygen atoms in total. The summed E-state index contributed by atoms with van der Waals surface area (Å²) in [5, 5.41) is 11.1. The van der Waals surface area contributed by atoms with E-state index in [4.69, 9.17) is 5.73 Å². The van der Waals surface area contributed by atoms with Gasteiger partial charge in [-0.15, -0.1) is 0 Å². The van der Waals surface area contributed by atoms with Crippen molar-refractivity contribution in [1.29, 1.82) is 0 Å². The minimum absolute atomic E-state index is 0.0723. The number of hydrogen-bond acceptors (Lipinski definition) is 3. The number of aliphatic imine (C=N–C) groups is 1. The molecule has 1 heterocycles. The van der Waals surface area contributed by atoms with Crippen molar-refractivity contribution in [2.45, 2.75) is 0 Å². The molecule has 1 aromatic carbocycles.